The molecule has 0 saturated heterocycles. The second-order valence-electron chi connectivity index (χ2n) is 4.22. The van der Waals surface area contributed by atoms with Crippen molar-refractivity contribution in [3.8, 4) is 0 Å². The van der Waals surface area contributed by atoms with Crippen LogP contribution in [-0.4, -0.2) is 50.8 Å². The third-order valence-electron chi connectivity index (χ3n) is 2.23. The van der Waals surface area contributed by atoms with E-state index >= 15 is 0 Å². The minimum absolute atomic E-state index is 0.955. The van der Waals surface area contributed by atoms with Crippen LogP contribution in [0.3, 0.4) is 0 Å². The summed E-state index contributed by atoms with van der Waals surface area (Å²) < 4.78 is 166. The van der Waals surface area contributed by atoms with Gasteiger partial charge in [0.05, 0.1) is 0 Å². The number of hydrogen-bond donors (Lipinski definition) is 1. The number of carbonyl (C=O) groups is 1. The van der Waals surface area contributed by atoms with Gasteiger partial charge < -0.3 is 5.11 Å². The molecule has 0 aliphatic heterocycles. The van der Waals surface area contributed by atoms with Gasteiger partial charge in [0.2, 0.25) is 0 Å². The van der Waals surface area contributed by atoms with E-state index in [4.69, 9.17) is 5.11 Å². The Bertz CT molecular complexity index is 572. The van der Waals surface area contributed by atoms with E-state index in [2.05, 4.69) is 4.74 Å². The normalized spacial score (nSPS) is 19.4. The predicted molar refractivity (Wildman–Crippen MR) is 61.2 cm³/mol. The number of ether oxygens (including phenoxy) is 2. The van der Waals surface area contributed by atoms with Gasteiger partial charge in [0.1, 0.15) is 0 Å². The van der Waals surface area contributed by atoms with E-state index < -0.39 is 45.7 Å². The van der Waals surface area contributed by atoms with Gasteiger partial charge in [-0.2, -0.15) is 57.1 Å². The van der Waals surface area contributed by atoms with E-state index in [1.165, 1.54) is 0 Å². The van der Waals surface area contributed by atoms with Crippen LogP contribution >= 0.6 is 31.9 Å². The Morgan fingerprint density at radius 3 is 1.33 bits per heavy atom. The lowest BCUT2D eigenvalue weighted by molar-refractivity contribution is -0.526. The average Bonchev–Trinajstić information content (AvgIpc) is 2.33. The largest absolute Gasteiger partial charge is 0.477 e. The maximum Gasteiger partial charge on any atom is 0.458 e. The van der Waals surface area contributed by atoms with Crippen molar-refractivity contribution < 1.29 is 76.5 Å². The van der Waals surface area contributed by atoms with E-state index in [9.17, 15) is 61.9 Å². The van der Waals surface area contributed by atoms with Crippen LogP contribution < -0.4 is 0 Å². The van der Waals surface area contributed by atoms with E-state index in [1.807, 2.05) is 0 Å². The van der Waals surface area contributed by atoms with Crippen molar-refractivity contribution in [3.05, 3.63) is 0 Å². The van der Waals surface area contributed by atoms with E-state index in [0.717, 1.165) is 31.9 Å². The molecule has 0 saturated carbocycles. The van der Waals surface area contributed by atoms with Gasteiger partial charge in [-0.05, 0) is 31.9 Å². The number of rotatable bonds is 8. The Hall–Kier alpha value is -0.560. The lowest BCUT2D eigenvalue weighted by Crippen LogP contribution is -2.65. The summed E-state index contributed by atoms with van der Waals surface area (Å²) >= 11 is 1.93. The van der Waals surface area contributed by atoms with Gasteiger partial charge in [-0.25, -0.2) is 4.79 Å². The molecule has 1 N–H and O–H groups in total. The molecule has 0 heterocycles. The first-order valence-corrected chi connectivity index (χ1v) is 6.91. The molecule has 0 aliphatic carbocycles. The summed E-state index contributed by atoms with van der Waals surface area (Å²) in [4.78, 5) is 4.55. The van der Waals surface area contributed by atoms with Crippen LogP contribution in [0.4, 0.5) is 57.1 Å². The Morgan fingerprint density at radius 2 is 1.07 bits per heavy atom. The number of halogens is 15. The fourth-order valence-corrected chi connectivity index (χ4v) is 1.22. The molecule has 0 rings (SSSR count). The molecule has 0 aliphatic rings. The molecule has 0 spiro atoms. The first-order valence-electron chi connectivity index (χ1n) is 5.33. The molecule has 0 amide bonds. The van der Waals surface area contributed by atoms with Crippen LogP contribution in [0, 0.1) is 0 Å². The standard InChI is InChI=1S/C8HBr2F13O4/c9-4(14,15)5(10,16)27-8(22,23)3(13,6(17,18)19)26-7(20,21)2(11,12)1(24)25/h(H,24,25). The number of hydrogen-bond acceptors (Lipinski definition) is 3. The highest BCUT2D eigenvalue weighted by Gasteiger charge is 2.82. The van der Waals surface area contributed by atoms with Crippen molar-refractivity contribution in [1.29, 1.82) is 0 Å². The van der Waals surface area contributed by atoms with Crippen LogP contribution in [0.1, 0.15) is 0 Å². The second-order valence-corrected chi connectivity index (χ2v) is 6.24. The van der Waals surface area contributed by atoms with E-state index in [-0.39, 0.29) is 0 Å². The molecule has 4 nitrogen and oxygen atoms in total. The molecule has 0 radical (unpaired) electrons. The van der Waals surface area contributed by atoms with E-state index in [0.29, 0.717) is 0 Å². The molecule has 0 fully saturated rings. The Balaban J connectivity index is 6.31. The molecule has 0 bridgehead atoms. The van der Waals surface area contributed by atoms with Crippen LogP contribution in [0.2, 0.25) is 0 Å². The number of aliphatic carboxylic acids is 1. The molecule has 0 aromatic heterocycles. The molecular formula is C8HBr2F13O4. The zero-order valence-corrected chi connectivity index (χ0v) is 14.5. The lowest BCUT2D eigenvalue weighted by atomic mass is 10.2. The number of alkyl halides is 15. The van der Waals surface area contributed by atoms with Gasteiger partial charge in [0.15, 0.2) is 0 Å². The fraction of sp³-hybridized carbons (Fsp3) is 0.875. The summed E-state index contributed by atoms with van der Waals surface area (Å²) in [7, 11) is 0. The fourth-order valence-electron chi connectivity index (χ4n) is 0.932. The van der Waals surface area contributed by atoms with Gasteiger partial charge in [0, 0.05) is 0 Å². The summed E-state index contributed by atoms with van der Waals surface area (Å²) in [6.07, 6.45) is -21.8. The zero-order chi connectivity index (χ0) is 22.5. The monoisotopic (exact) mass is 566 g/mol. The average molecular weight is 568 g/mol. The summed E-state index contributed by atoms with van der Waals surface area (Å²) in [5.74, 6) is -18.1. The molecule has 162 valence electrons. The molecule has 19 heteroatoms. The van der Waals surface area contributed by atoms with Crippen LogP contribution in [0.5, 0.6) is 0 Å². The maximum atomic E-state index is 13.6. The van der Waals surface area contributed by atoms with Gasteiger partial charge in [-0.15, -0.1) is 0 Å². The highest BCUT2D eigenvalue weighted by atomic mass is 79.9. The smallest absolute Gasteiger partial charge is 0.458 e. The number of carboxylic acid groups (broad SMARTS) is 1. The Labute approximate surface area is 154 Å². The van der Waals surface area contributed by atoms with Gasteiger partial charge in [-0.3, -0.25) is 9.47 Å². The lowest BCUT2D eigenvalue weighted by Gasteiger charge is -2.39. The van der Waals surface area contributed by atoms with Crippen LogP contribution in [-0.2, 0) is 14.3 Å². The first kappa shape index (κ1) is 26.4. The van der Waals surface area contributed by atoms with Gasteiger partial charge in [0.25, 0.3) is 0 Å². The second kappa shape index (κ2) is 7.05. The zero-order valence-electron chi connectivity index (χ0n) is 11.3. The summed E-state index contributed by atoms with van der Waals surface area (Å²) in [5.41, 5.74) is 0. The molecular weight excluding hydrogens is 567 g/mol. The molecule has 2 atom stereocenters. The predicted octanol–water partition coefficient (Wildman–Crippen LogP) is 5.16. The van der Waals surface area contributed by atoms with E-state index in [1.54, 1.807) is 4.74 Å². The summed E-state index contributed by atoms with van der Waals surface area (Å²) in [6.45, 7) is 0. The Morgan fingerprint density at radius 1 is 0.704 bits per heavy atom. The first-order chi connectivity index (χ1) is 11.4. The van der Waals surface area contributed by atoms with Crippen molar-refractivity contribution >= 4 is 37.8 Å². The van der Waals surface area contributed by atoms with Crippen LogP contribution in [0.25, 0.3) is 0 Å². The number of carboxylic acids is 1. The van der Waals surface area contributed by atoms with Crippen molar-refractivity contribution in [2.75, 3.05) is 0 Å². The highest BCUT2D eigenvalue weighted by Crippen LogP contribution is 2.55. The van der Waals surface area contributed by atoms with Crippen LogP contribution in [0.15, 0.2) is 0 Å². The Kier molecular flexibility index (Phi) is 6.90. The van der Waals surface area contributed by atoms with Crippen molar-refractivity contribution in [2.24, 2.45) is 0 Å². The molecule has 27 heavy (non-hydrogen) atoms. The van der Waals surface area contributed by atoms with Crippen molar-refractivity contribution in [2.45, 2.75) is 39.8 Å². The maximum absolute atomic E-state index is 13.6. The molecule has 2 unspecified atom stereocenters. The van der Waals surface area contributed by atoms with Crippen molar-refractivity contribution in [3.63, 3.8) is 0 Å². The highest BCUT2D eigenvalue weighted by molar-refractivity contribution is 9.12. The third-order valence-corrected chi connectivity index (χ3v) is 3.93. The molecule has 0 aromatic rings. The summed E-state index contributed by atoms with van der Waals surface area (Å²) in [5, 5.41) is 7.77. The third kappa shape index (κ3) is 4.89. The van der Waals surface area contributed by atoms with Gasteiger partial charge in [-0.1, -0.05) is 0 Å². The van der Waals surface area contributed by atoms with Crippen molar-refractivity contribution in [1.82, 2.24) is 0 Å². The molecule has 0 aromatic carbocycles. The minimum atomic E-state index is -7.47. The quantitative estimate of drug-likeness (QED) is 0.325. The van der Waals surface area contributed by atoms with Gasteiger partial charge >= 0.3 is 45.7 Å². The SMILES string of the molecule is O=C(O)C(F)(F)C(F)(F)OC(F)(C(F)(F)F)C(F)(F)OC(F)(Br)C(F)(F)Br. The topological polar surface area (TPSA) is 55.8 Å². The minimum Gasteiger partial charge on any atom is -0.477 e. The summed E-state index contributed by atoms with van der Waals surface area (Å²) in [6, 6.07) is 0.